The molecule has 2 heterocycles. The van der Waals surface area contributed by atoms with Crippen molar-refractivity contribution >= 4 is 54.5 Å². The molecular formula is C15H11Br2N3O. The van der Waals surface area contributed by atoms with Crippen LogP contribution in [0.15, 0.2) is 57.7 Å². The number of rotatable bonds is 3. The van der Waals surface area contributed by atoms with E-state index in [1.165, 1.54) is 0 Å². The van der Waals surface area contributed by atoms with Gasteiger partial charge in [-0.15, -0.1) is 0 Å². The van der Waals surface area contributed by atoms with Gasteiger partial charge >= 0.3 is 0 Å². The fraction of sp³-hybridized carbons (Fsp3) is 0.0667. The van der Waals surface area contributed by atoms with Crippen LogP contribution in [0, 0.1) is 0 Å². The van der Waals surface area contributed by atoms with Crippen LogP contribution in [0.5, 0.6) is 0 Å². The van der Waals surface area contributed by atoms with E-state index in [2.05, 4.69) is 42.2 Å². The third kappa shape index (κ3) is 3.33. The average molecular weight is 409 g/mol. The van der Waals surface area contributed by atoms with E-state index in [1.54, 1.807) is 12.3 Å². The Morgan fingerprint density at radius 3 is 2.71 bits per heavy atom. The average Bonchev–Trinajstić information content (AvgIpc) is 2.83. The van der Waals surface area contributed by atoms with Crippen molar-refractivity contribution in [2.75, 3.05) is 5.32 Å². The van der Waals surface area contributed by atoms with Gasteiger partial charge in [0.05, 0.1) is 0 Å². The van der Waals surface area contributed by atoms with Gasteiger partial charge in [-0.1, -0.05) is 15.9 Å². The molecule has 0 spiro atoms. The topological polar surface area (TPSA) is 46.9 Å². The minimum absolute atomic E-state index is 0.106. The molecule has 106 valence electrons. The number of halogens is 2. The third-order valence-corrected chi connectivity index (χ3v) is 4.00. The van der Waals surface area contributed by atoms with Crippen molar-refractivity contribution in [1.82, 2.24) is 9.55 Å². The molecule has 0 aliphatic rings. The van der Waals surface area contributed by atoms with Crippen LogP contribution in [-0.4, -0.2) is 15.5 Å². The first-order valence-corrected chi connectivity index (χ1v) is 7.86. The van der Waals surface area contributed by atoms with Gasteiger partial charge in [-0.25, -0.2) is 4.98 Å². The molecule has 1 N–H and O–H groups in total. The zero-order valence-corrected chi connectivity index (χ0v) is 14.1. The first-order valence-electron chi connectivity index (χ1n) is 6.27. The van der Waals surface area contributed by atoms with E-state index in [0.29, 0.717) is 5.82 Å². The third-order valence-electron chi connectivity index (χ3n) is 3.04. The second-order valence-corrected chi connectivity index (χ2v) is 6.39. The van der Waals surface area contributed by atoms with Crippen molar-refractivity contribution in [2.24, 2.45) is 0 Å². The number of carbonyl (C=O) groups excluding carboxylic acids is 1. The van der Waals surface area contributed by atoms with Gasteiger partial charge in [0.2, 0.25) is 5.91 Å². The normalized spacial score (nSPS) is 10.8. The number of carbonyl (C=O) groups is 1. The zero-order chi connectivity index (χ0) is 14.8. The molecule has 0 saturated carbocycles. The number of fused-ring (bicyclic) bond motifs is 1. The number of benzene rings is 1. The van der Waals surface area contributed by atoms with E-state index in [9.17, 15) is 4.79 Å². The molecule has 0 aliphatic heterocycles. The number of nitrogens with one attached hydrogen (secondary N) is 1. The molecule has 1 aromatic carbocycles. The van der Waals surface area contributed by atoms with Crippen molar-refractivity contribution in [3.63, 3.8) is 0 Å². The largest absolute Gasteiger partial charge is 0.338 e. The molecule has 6 heteroatoms. The Hall–Kier alpha value is -1.66. The van der Waals surface area contributed by atoms with Crippen LogP contribution >= 0.6 is 31.9 Å². The Kier molecular flexibility index (Phi) is 4.07. The highest BCUT2D eigenvalue weighted by atomic mass is 79.9. The number of hydrogen-bond acceptors (Lipinski definition) is 2. The molecule has 0 atom stereocenters. The summed E-state index contributed by atoms with van der Waals surface area (Å²) in [5.74, 6) is 0.438. The quantitative estimate of drug-likeness (QED) is 0.705. The summed E-state index contributed by atoms with van der Waals surface area (Å²) in [6.07, 6.45) is 3.56. The number of nitrogens with zero attached hydrogens (tertiary/aromatic N) is 2. The molecule has 0 aliphatic carbocycles. The lowest BCUT2D eigenvalue weighted by atomic mass is 10.2. The van der Waals surface area contributed by atoms with Gasteiger partial charge < -0.3 is 9.88 Å². The van der Waals surface area contributed by atoms with Crippen LogP contribution in [0.2, 0.25) is 0 Å². The lowest BCUT2D eigenvalue weighted by Gasteiger charge is -2.07. The monoisotopic (exact) mass is 407 g/mol. The lowest BCUT2D eigenvalue weighted by molar-refractivity contribution is -0.116. The van der Waals surface area contributed by atoms with Crippen LogP contribution in [0.4, 0.5) is 5.82 Å². The second-order valence-electron chi connectivity index (χ2n) is 4.56. The summed E-state index contributed by atoms with van der Waals surface area (Å²) in [4.78, 5) is 16.2. The van der Waals surface area contributed by atoms with Crippen molar-refractivity contribution in [1.29, 1.82) is 0 Å². The Bertz CT molecular complexity index is 796. The fourth-order valence-electron chi connectivity index (χ4n) is 2.10. The van der Waals surface area contributed by atoms with E-state index >= 15 is 0 Å². The van der Waals surface area contributed by atoms with Gasteiger partial charge in [0.25, 0.3) is 0 Å². The zero-order valence-electron chi connectivity index (χ0n) is 10.9. The summed E-state index contributed by atoms with van der Waals surface area (Å²) in [7, 11) is 0. The number of anilines is 1. The second kappa shape index (κ2) is 5.99. The molecule has 2 aromatic heterocycles. The minimum atomic E-state index is -0.106. The Labute approximate surface area is 138 Å². The highest BCUT2D eigenvalue weighted by Crippen LogP contribution is 2.21. The Balaban J connectivity index is 1.75. The van der Waals surface area contributed by atoms with Crippen molar-refractivity contribution in [2.45, 2.75) is 6.54 Å². The molecule has 0 unspecified atom stereocenters. The van der Waals surface area contributed by atoms with E-state index < -0.39 is 0 Å². The van der Waals surface area contributed by atoms with Gasteiger partial charge in [-0.05, 0) is 52.3 Å². The molecule has 0 saturated heterocycles. The van der Waals surface area contributed by atoms with Gasteiger partial charge in [0.15, 0.2) is 0 Å². The predicted octanol–water partition coefficient (Wildman–Crippen LogP) is 4.20. The molecule has 0 radical (unpaired) electrons. The molecule has 1 amide bonds. The Morgan fingerprint density at radius 1 is 1.14 bits per heavy atom. The minimum Gasteiger partial charge on any atom is -0.338 e. The van der Waals surface area contributed by atoms with Crippen LogP contribution in [0.25, 0.3) is 10.9 Å². The molecular weight excluding hydrogens is 398 g/mol. The number of amides is 1. The number of aromatic nitrogens is 2. The van der Waals surface area contributed by atoms with Gasteiger partial charge in [-0.2, -0.15) is 0 Å². The standard InChI is InChI=1S/C15H11Br2N3O/c16-11-1-3-13-10(7-11)5-6-20(13)9-15(21)19-14-4-2-12(17)8-18-14/h1-8H,9H2,(H,18,19,21). The van der Waals surface area contributed by atoms with E-state index in [0.717, 1.165) is 19.8 Å². The molecule has 0 fully saturated rings. The summed E-state index contributed by atoms with van der Waals surface area (Å²) < 4.78 is 3.81. The predicted molar refractivity (Wildman–Crippen MR) is 90.2 cm³/mol. The molecule has 3 aromatic rings. The van der Waals surface area contributed by atoms with Gasteiger partial charge in [0.1, 0.15) is 12.4 Å². The lowest BCUT2D eigenvalue weighted by Crippen LogP contribution is -2.18. The molecule has 21 heavy (non-hydrogen) atoms. The maximum atomic E-state index is 12.1. The van der Waals surface area contributed by atoms with Gasteiger partial charge in [0, 0.05) is 32.2 Å². The molecule has 0 bridgehead atoms. The van der Waals surface area contributed by atoms with Crippen LogP contribution in [-0.2, 0) is 11.3 Å². The van der Waals surface area contributed by atoms with E-state index in [4.69, 9.17) is 0 Å². The van der Waals surface area contributed by atoms with Crippen LogP contribution < -0.4 is 5.32 Å². The summed E-state index contributed by atoms with van der Waals surface area (Å²) in [5, 5.41) is 3.88. The smallest absolute Gasteiger partial charge is 0.245 e. The fourth-order valence-corrected chi connectivity index (χ4v) is 2.71. The van der Waals surface area contributed by atoms with E-state index in [1.807, 2.05) is 41.1 Å². The SMILES string of the molecule is O=C(Cn1ccc2cc(Br)ccc21)Nc1ccc(Br)cn1. The first kappa shape index (κ1) is 14.3. The molecule has 3 rings (SSSR count). The van der Waals surface area contributed by atoms with Crippen molar-refractivity contribution in [3.05, 3.63) is 57.7 Å². The summed E-state index contributed by atoms with van der Waals surface area (Å²) >= 11 is 6.75. The van der Waals surface area contributed by atoms with Crippen LogP contribution in [0.3, 0.4) is 0 Å². The summed E-state index contributed by atoms with van der Waals surface area (Å²) in [6.45, 7) is 0.253. The highest BCUT2D eigenvalue weighted by molar-refractivity contribution is 9.10. The van der Waals surface area contributed by atoms with Crippen LogP contribution in [0.1, 0.15) is 0 Å². The summed E-state index contributed by atoms with van der Waals surface area (Å²) in [5.41, 5.74) is 1.03. The maximum Gasteiger partial charge on any atom is 0.245 e. The number of pyridine rings is 1. The van der Waals surface area contributed by atoms with E-state index in [-0.39, 0.29) is 12.5 Å². The molecule has 4 nitrogen and oxygen atoms in total. The van der Waals surface area contributed by atoms with Gasteiger partial charge in [-0.3, -0.25) is 4.79 Å². The van der Waals surface area contributed by atoms with Crippen molar-refractivity contribution in [3.8, 4) is 0 Å². The number of hydrogen-bond donors (Lipinski definition) is 1. The van der Waals surface area contributed by atoms with Crippen molar-refractivity contribution < 1.29 is 4.79 Å². The first-order chi connectivity index (χ1) is 10.1. The highest BCUT2D eigenvalue weighted by Gasteiger charge is 2.07. The summed E-state index contributed by atoms with van der Waals surface area (Å²) in [6, 6.07) is 11.6. The Morgan fingerprint density at radius 2 is 1.95 bits per heavy atom. The maximum absolute atomic E-state index is 12.1.